The van der Waals surface area contributed by atoms with Crippen molar-refractivity contribution < 1.29 is 0 Å². The summed E-state index contributed by atoms with van der Waals surface area (Å²) in [5.74, 6) is 1.29. The van der Waals surface area contributed by atoms with Crippen LogP contribution in [0.5, 0.6) is 0 Å². The van der Waals surface area contributed by atoms with Crippen LogP contribution in [0.4, 0.5) is 11.8 Å². The minimum Gasteiger partial charge on any atom is -0.308 e. The van der Waals surface area contributed by atoms with Crippen molar-refractivity contribution in [2.45, 2.75) is 13.8 Å². The Morgan fingerprint density at radius 3 is 2.80 bits per heavy atom. The number of anilines is 2. The molecule has 0 fully saturated rings. The van der Waals surface area contributed by atoms with Gasteiger partial charge in [-0.15, -0.1) is 0 Å². The fourth-order valence-electron chi connectivity index (χ4n) is 1.80. The highest BCUT2D eigenvalue weighted by Crippen LogP contribution is 2.24. The van der Waals surface area contributed by atoms with Crippen molar-refractivity contribution >= 4 is 23.3 Å². The molecule has 0 amide bonds. The van der Waals surface area contributed by atoms with Gasteiger partial charge in [-0.25, -0.2) is 4.98 Å². The standard InChI is InChI=1S/C14H13N5S/c1-9-5-7-15-11(8-9)17-14-18-13(20-19-14)12-10(2)4-3-6-16-12/h3-8H,1-2H3,(H,15,17,19). The lowest BCUT2D eigenvalue weighted by Crippen LogP contribution is -1.95. The Kier molecular flexibility index (Phi) is 3.39. The zero-order valence-corrected chi connectivity index (χ0v) is 12.0. The SMILES string of the molecule is Cc1ccnc(Nc2nsc(-c3ncccc3C)n2)c1. The minimum absolute atomic E-state index is 0.549. The lowest BCUT2D eigenvalue weighted by Gasteiger charge is -2.01. The third kappa shape index (κ3) is 2.65. The molecular formula is C14H13N5S. The van der Waals surface area contributed by atoms with Gasteiger partial charge in [0, 0.05) is 12.4 Å². The third-order valence-electron chi connectivity index (χ3n) is 2.79. The van der Waals surface area contributed by atoms with Crippen molar-refractivity contribution in [3.8, 4) is 10.7 Å². The highest BCUT2D eigenvalue weighted by atomic mass is 32.1. The summed E-state index contributed by atoms with van der Waals surface area (Å²) in [5.41, 5.74) is 3.10. The lowest BCUT2D eigenvalue weighted by molar-refractivity contribution is 1.21. The van der Waals surface area contributed by atoms with E-state index >= 15 is 0 Å². The summed E-state index contributed by atoms with van der Waals surface area (Å²) in [6.07, 6.45) is 3.52. The first-order chi connectivity index (χ1) is 9.72. The van der Waals surface area contributed by atoms with E-state index in [0.717, 1.165) is 27.6 Å². The second-order valence-corrected chi connectivity index (χ2v) is 5.19. The number of rotatable bonds is 3. The molecule has 0 radical (unpaired) electrons. The third-order valence-corrected chi connectivity index (χ3v) is 3.52. The number of aromatic nitrogens is 4. The highest BCUT2D eigenvalue weighted by molar-refractivity contribution is 7.09. The van der Waals surface area contributed by atoms with Crippen molar-refractivity contribution in [2.24, 2.45) is 0 Å². The quantitative estimate of drug-likeness (QED) is 0.798. The van der Waals surface area contributed by atoms with E-state index in [0.29, 0.717) is 5.95 Å². The molecule has 0 saturated carbocycles. The summed E-state index contributed by atoms with van der Waals surface area (Å²) in [5, 5.41) is 3.91. The first-order valence-electron chi connectivity index (χ1n) is 6.18. The second-order valence-electron chi connectivity index (χ2n) is 4.44. The number of hydrogen-bond acceptors (Lipinski definition) is 6. The van der Waals surface area contributed by atoms with E-state index < -0.39 is 0 Å². The van der Waals surface area contributed by atoms with E-state index in [1.54, 1.807) is 12.4 Å². The smallest absolute Gasteiger partial charge is 0.240 e. The Balaban J connectivity index is 1.86. The Morgan fingerprint density at radius 2 is 2.00 bits per heavy atom. The average Bonchev–Trinajstić information content (AvgIpc) is 2.87. The maximum Gasteiger partial charge on any atom is 0.240 e. The molecule has 3 heterocycles. The number of aryl methyl sites for hydroxylation is 2. The minimum atomic E-state index is 0.549. The first kappa shape index (κ1) is 12.7. The van der Waals surface area contributed by atoms with Crippen LogP contribution >= 0.6 is 11.5 Å². The van der Waals surface area contributed by atoms with E-state index in [4.69, 9.17) is 0 Å². The summed E-state index contributed by atoms with van der Waals surface area (Å²) in [7, 11) is 0. The zero-order valence-electron chi connectivity index (χ0n) is 11.2. The van der Waals surface area contributed by atoms with Gasteiger partial charge in [-0.3, -0.25) is 4.98 Å². The predicted octanol–water partition coefficient (Wildman–Crippen LogP) is 3.36. The molecule has 0 atom stereocenters. The molecule has 3 rings (SSSR count). The van der Waals surface area contributed by atoms with E-state index in [9.17, 15) is 0 Å². The van der Waals surface area contributed by atoms with Crippen molar-refractivity contribution in [3.63, 3.8) is 0 Å². The maximum absolute atomic E-state index is 4.46. The highest BCUT2D eigenvalue weighted by Gasteiger charge is 2.10. The summed E-state index contributed by atoms with van der Waals surface area (Å²) in [6, 6.07) is 7.82. The van der Waals surface area contributed by atoms with E-state index in [1.165, 1.54) is 11.5 Å². The molecule has 0 bridgehead atoms. The Hall–Kier alpha value is -2.34. The van der Waals surface area contributed by atoms with E-state index in [2.05, 4.69) is 24.6 Å². The van der Waals surface area contributed by atoms with Gasteiger partial charge < -0.3 is 5.32 Å². The van der Waals surface area contributed by atoms with Crippen LogP contribution < -0.4 is 5.32 Å². The van der Waals surface area contributed by atoms with E-state index in [-0.39, 0.29) is 0 Å². The van der Waals surface area contributed by atoms with Crippen LogP contribution in [0.1, 0.15) is 11.1 Å². The summed E-state index contributed by atoms with van der Waals surface area (Å²) < 4.78 is 4.30. The number of pyridine rings is 2. The molecule has 0 unspecified atom stereocenters. The normalized spacial score (nSPS) is 10.5. The van der Waals surface area contributed by atoms with Crippen LogP contribution in [0, 0.1) is 13.8 Å². The van der Waals surface area contributed by atoms with Crippen LogP contribution in [0.25, 0.3) is 10.7 Å². The monoisotopic (exact) mass is 283 g/mol. The van der Waals surface area contributed by atoms with Gasteiger partial charge in [0.2, 0.25) is 5.95 Å². The van der Waals surface area contributed by atoms with Gasteiger partial charge in [0.05, 0.1) is 0 Å². The molecule has 20 heavy (non-hydrogen) atoms. The van der Waals surface area contributed by atoms with Crippen molar-refractivity contribution in [3.05, 3.63) is 47.8 Å². The molecule has 5 nitrogen and oxygen atoms in total. The summed E-state index contributed by atoms with van der Waals surface area (Å²) >= 11 is 1.33. The van der Waals surface area contributed by atoms with Gasteiger partial charge in [-0.2, -0.15) is 9.36 Å². The first-order valence-corrected chi connectivity index (χ1v) is 6.95. The molecular weight excluding hydrogens is 270 g/mol. The molecule has 6 heteroatoms. The molecule has 100 valence electrons. The molecule has 0 spiro atoms. The molecule has 1 N–H and O–H groups in total. The van der Waals surface area contributed by atoms with Crippen LogP contribution in [0.3, 0.4) is 0 Å². The molecule has 0 aliphatic rings. The predicted molar refractivity (Wildman–Crippen MR) is 80.1 cm³/mol. The largest absolute Gasteiger partial charge is 0.308 e. The molecule has 0 aliphatic carbocycles. The molecule has 0 aliphatic heterocycles. The molecule has 0 saturated heterocycles. The zero-order chi connectivity index (χ0) is 13.9. The number of nitrogens with one attached hydrogen (secondary N) is 1. The Labute approximate surface area is 120 Å². The van der Waals surface area contributed by atoms with Crippen LogP contribution in [-0.2, 0) is 0 Å². The van der Waals surface area contributed by atoms with Gasteiger partial charge >= 0.3 is 0 Å². The summed E-state index contributed by atoms with van der Waals surface area (Å²) in [4.78, 5) is 13.0. The van der Waals surface area contributed by atoms with Crippen LogP contribution in [0.2, 0.25) is 0 Å². The second kappa shape index (κ2) is 5.34. The number of nitrogens with zero attached hydrogens (tertiary/aromatic N) is 4. The van der Waals surface area contributed by atoms with Gasteiger partial charge in [0.25, 0.3) is 0 Å². The van der Waals surface area contributed by atoms with Crippen molar-refractivity contribution in [1.82, 2.24) is 19.3 Å². The van der Waals surface area contributed by atoms with E-state index in [1.807, 2.05) is 38.1 Å². The summed E-state index contributed by atoms with van der Waals surface area (Å²) in [6.45, 7) is 4.03. The van der Waals surface area contributed by atoms with Crippen LogP contribution in [-0.4, -0.2) is 19.3 Å². The molecule has 3 aromatic heterocycles. The van der Waals surface area contributed by atoms with Gasteiger partial charge in [-0.05, 0) is 54.7 Å². The van der Waals surface area contributed by atoms with Crippen LogP contribution in [0.15, 0.2) is 36.7 Å². The lowest BCUT2D eigenvalue weighted by atomic mass is 10.2. The maximum atomic E-state index is 4.46. The molecule has 3 aromatic rings. The number of hydrogen-bond donors (Lipinski definition) is 1. The van der Waals surface area contributed by atoms with Crippen molar-refractivity contribution in [2.75, 3.05) is 5.32 Å². The average molecular weight is 283 g/mol. The van der Waals surface area contributed by atoms with Crippen molar-refractivity contribution in [1.29, 1.82) is 0 Å². The fourth-order valence-corrected chi connectivity index (χ4v) is 2.49. The topological polar surface area (TPSA) is 63.6 Å². The fraction of sp³-hybridized carbons (Fsp3) is 0.143. The molecule has 0 aromatic carbocycles. The Morgan fingerprint density at radius 1 is 1.10 bits per heavy atom. The van der Waals surface area contributed by atoms with Gasteiger partial charge in [0.1, 0.15) is 11.5 Å². The Bertz CT molecular complexity index is 738. The van der Waals surface area contributed by atoms with Gasteiger partial charge in [-0.1, -0.05) is 6.07 Å². The van der Waals surface area contributed by atoms with Gasteiger partial charge in [0.15, 0.2) is 5.01 Å².